The summed E-state index contributed by atoms with van der Waals surface area (Å²) in [4.78, 5) is 18.7. The lowest BCUT2D eigenvalue weighted by Gasteiger charge is -2.33. The number of hydrogen-bond donors (Lipinski definition) is 1. The number of aryl methyl sites for hydroxylation is 1. The van der Waals surface area contributed by atoms with Crippen molar-refractivity contribution in [2.24, 2.45) is 5.92 Å². The molecule has 1 fully saturated rings. The van der Waals surface area contributed by atoms with Gasteiger partial charge in [-0.3, -0.25) is 4.79 Å². The number of carbonyl (C=O) groups excluding carboxylic acids is 1. The Bertz CT molecular complexity index is 836. The van der Waals surface area contributed by atoms with Crippen LogP contribution in [0.25, 0.3) is 0 Å². The van der Waals surface area contributed by atoms with Crippen LogP contribution in [-0.4, -0.2) is 30.5 Å². The molecule has 1 aromatic heterocycles. The first-order valence-electron chi connectivity index (χ1n) is 9.53. The molecule has 2 aromatic rings. The third-order valence-electron chi connectivity index (χ3n) is 5.72. The molecular formula is C21H23ClFN3O. The van der Waals surface area contributed by atoms with E-state index >= 15 is 0 Å². The average Bonchev–Trinajstić information content (AvgIpc) is 3.11. The number of carbonyl (C=O) groups is 1. The Morgan fingerprint density at radius 1 is 1.26 bits per heavy atom. The SMILES string of the molecule is O=C(NCC1CCN(c2ncc(Cl)cc2F)CC1)C1CCc2ccccc21. The van der Waals surface area contributed by atoms with E-state index in [1.165, 1.54) is 23.4 Å². The molecule has 0 bridgehead atoms. The zero-order valence-electron chi connectivity index (χ0n) is 15.1. The van der Waals surface area contributed by atoms with Crippen molar-refractivity contribution in [3.05, 3.63) is 58.5 Å². The van der Waals surface area contributed by atoms with Crippen LogP contribution in [0.1, 0.15) is 36.3 Å². The number of halogens is 2. The van der Waals surface area contributed by atoms with E-state index in [9.17, 15) is 9.18 Å². The quantitative estimate of drug-likeness (QED) is 0.864. The molecule has 2 heterocycles. The van der Waals surface area contributed by atoms with Crippen molar-refractivity contribution in [1.29, 1.82) is 0 Å². The second kappa shape index (κ2) is 7.85. The highest BCUT2D eigenvalue weighted by Gasteiger charge is 2.29. The van der Waals surface area contributed by atoms with Gasteiger partial charge in [0.1, 0.15) is 0 Å². The molecular weight excluding hydrogens is 365 g/mol. The smallest absolute Gasteiger partial charge is 0.227 e. The van der Waals surface area contributed by atoms with Crippen molar-refractivity contribution in [3.63, 3.8) is 0 Å². The minimum Gasteiger partial charge on any atom is -0.355 e. The van der Waals surface area contributed by atoms with Gasteiger partial charge in [-0.15, -0.1) is 0 Å². The Morgan fingerprint density at radius 2 is 2.04 bits per heavy atom. The number of hydrogen-bond acceptors (Lipinski definition) is 3. The molecule has 1 N–H and O–H groups in total. The van der Waals surface area contributed by atoms with E-state index in [4.69, 9.17) is 11.6 Å². The lowest BCUT2D eigenvalue weighted by molar-refractivity contribution is -0.122. The lowest BCUT2D eigenvalue weighted by Crippen LogP contribution is -2.40. The van der Waals surface area contributed by atoms with Gasteiger partial charge in [0.05, 0.1) is 10.9 Å². The number of amides is 1. The molecule has 27 heavy (non-hydrogen) atoms. The molecule has 1 aliphatic heterocycles. The zero-order chi connectivity index (χ0) is 18.8. The lowest BCUT2D eigenvalue weighted by atomic mass is 9.95. The Hall–Kier alpha value is -2.14. The first-order chi connectivity index (χ1) is 13.1. The Labute approximate surface area is 163 Å². The fourth-order valence-corrected chi connectivity index (χ4v) is 4.33. The molecule has 0 radical (unpaired) electrons. The molecule has 1 amide bonds. The van der Waals surface area contributed by atoms with Gasteiger partial charge in [0.15, 0.2) is 11.6 Å². The highest BCUT2D eigenvalue weighted by atomic mass is 35.5. The van der Waals surface area contributed by atoms with Gasteiger partial charge < -0.3 is 10.2 Å². The maximum absolute atomic E-state index is 14.0. The minimum atomic E-state index is -0.380. The van der Waals surface area contributed by atoms with Crippen molar-refractivity contribution in [1.82, 2.24) is 10.3 Å². The van der Waals surface area contributed by atoms with E-state index < -0.39 is 0 Å². The standard InChI is InChI=1S/C21H23ClFN3O/c22-16-11-19(23)20(24-13-16)26-9-7-14(8-10-26)12-25-21(27)18-6-5-15-3-1-2-4-17(15)18/h1-4,11,13-14,18H,5-10,12H2,(H,25,27). The fourth-order valence-electron chi connectivity index (χ4n) is 4.19. The second-order valence-electron chi connectivity index (χ2n) is 7.42. The monoisotopic (exact) mass is 387 g/mol. The molecule has 1 unspecified atom stereocenters. The summed E-state index contributed by atoms with van der Waals surface area (Å²) in [5.74, 6) is 0.511. The molecule has 0 saturated carbocycles. The first kappa shape index (κ1) is 18.2. The number of benzene rings is 1. The van der Waals surface area contributed by atoms with Gasteiger partial charge in [-0.05, 0) is 48.8 Å². The maximum Gasteiger partial charge on any atom is 0.227 e. The molecule has 1 aliphatic carbocycles. The molecule has 1 atom stereocenters. The normalized spacial score (nSPS) is 19.8. The number of anilines is 1. The largest absolute Gasteiger partial charge is 0.355 e. The van der Waals surface area contributed by atoms with Crippen LogP contribution in [-0.2, 0) is 11.2 Å². The summed E-state index contributed by atoms with van der Waals surface area (Å²) in [6.45, 7) is 2.15. The molecule has 0 spiro atoms. The van der Waals surface area contributed by atoms with E-state index in [0.29, 0.717) is 23.3 Å². The highest BCUT2D eigenvalue weighted by molar-refractivity contribution is 6.30. The maximum atomic E-state index is 14.0. The van der Waals surface area contributed by atoms with Crippen LogP contribution >= 0.6 is 11.6 Å². The van der Waals surface area contributed by atoms with E-state index in [1.54, 1.807) is 0 Å². The predicted molar refractivity (Wildman–Crippen MR) is 105 cm³/mol. The number of nitrogens with zero attached hydrogens (tertiary/aromatic N) is 2. The second-order valence-corrected chi connectivity index (χ2v) is 7.86. The summed E-state index contributed by atoms with van der Waals surface area (Å²) in [7, 11) is 0. The van der Waals surface area contributed by atoms with Gasteiger partial charge in [0.2, 0.25) is 5.91 Å². The van der Waals surface area contributed by atoms with Crippen LogP contribution in [0.4, 0.5) is 10.2 Å². The number of fused-ring (bicyclic) bond motifs is 1. The Kier molecular flexibility index (Phi) is 5.30. The van der Waals surface area contributed by atoms with Crippen LogP contribution < -0.4 is 10.2 Å². The van der Waals surface area contributed by atoms with Gasteiger partial charge >= 0.3 is 0 Å². The Morgan fingerprint density at radius 3 is 2.81 bits per heavy atom. The number of aromatic nitrogens is 1. The minimum absolute atomic E-state index is 0.0198. The molecule has 6 heteroatoms. The Balaban J connectivity index is 1.28. The summed E-state index contributed by atoms with van der Waals surface area (Å²) in [5.41, 5.74) is 2.47. The fraction of sp³-hybridized carbons (Fsp3) is 0.429. The first-order valence-corrected chi connectivity index (χ1v) is 9.91. The molecule has 4 rings (SSSR count). The summed E-state index contributed by atoms with van der Waals surface area (Å²) in [6.07, 6.45) is 5.17. The van der Waals surface area contributed by atoms with E-state index in [2.05, 4.69) is 22.4 Å². The van der Waals surface area contributed by atoms with Gasteiger partial charge in [-0.25, -0.2) is 9.37 Å². The topological polar surface area (TPSA) is 45.2 Å². The van der Waals surface area contributed by atoms with E-state index in [-0.39, 0.29) is 17.6 Å². The van der Waals surface area contributed by atoms with Crippen molar-refractivity contribution in [2.75, 3.05) is 24.5 Å². The van der Waals surface area contributed by atoms with Crippen molar-refractivity contribution < 1.29 is 9.18 Å². The van der Waals surface area contributed by atoms with Gasteiger partial charge in [0.25, 0.3) is 0 Å². The molecule has 142 valence electrons. The third-order valence-corrected chi connectivity index (χ3v) is 5.92. The third kappa shape index (κ3) is 3.93. The van der Waals surface area contributed by atoms with Crippen LogP contribution in [0.5, 0.6) is 0 Å². The van der Waals surface area contributed by atoms with Crippen molar-refractivity contribution in [3.8, 4) is 0 Å². The zero-order valence-corrected chi connectivity index (χ0v) is 15.9. The number of nitrogens with one attached hydrogen (secondary N) is 1. The van der Waals surface area contributed by atoms with Crippen LogP contribution in [0, 0.1) is 11.7 Å². The van der Waals surface area contributed by atoms with E-state index in [0.717, 1.165) is 38.8 Å². The summed E-state index contributed by atoms with van der Waals surface area (Å²) < 4.78 is 14.0. The highest BCUT2D eigenvalue weighted by Crippen LogP contribution is 2.33. The van der Waals surface area contributed by atoms with Gasteiger partial charge in [-0.2, -0.15) is 0 Å². The number of pyridine rings is 1. The summed E-state index contributed by atoms with van der Waals surface area (Å²) >= 11 is 5.77. The van der Waals surface area contributed by atoms with Crippen molar-refractivity contribution in [2.45, 2.75) is 31.6 Å². The summed E-state index contributed by atoms with van der Waals surface area (Å²) in [6, 6.07) is 9.52. The van der Waals surface area contributed by atoms with Crippen LogP contribution in [0.3, 0.4) is 0 Å². The van der Waals surface area contributed by atoms with Crippen LogP contribution in [0.2, 0.25) is 5.02 Å². The van der Waals surface area contributed by atoms with Crippen molar-refractivity contribution >= 4 is 23.3 Å². The van der Waals surface area contributed by atoms with E-state index in [1.807, 2.05) is 17.0 Å². The molecule has 4 nitrogen and oxygen atoms in total. The van der Waals surface area contributed by atoms with Gasteiger partial charge in [-0.1, -0.05) is 35.9 Å². The molecule has 1 aromatic carbocycles. The predicted octanol–water partition coefficient (Wildman–Crippen LogP) is 3.94. The van der Waals surface area contributed by atoms with Crippen LogP contribution in [0.15, 0.2) is 36.5 Å². The number of piperidine rings is 1. The summed E-state index contributed by atoms with van der Waals surface area (Å²) in [5, 5.41) is 3.45. The number of rotatable bonds is 4. The molecule has 2 aliphatic rings. The average molecular weight is 388 g/mol. The van der Waals surface area contributed by atoms with Gasteiger partial charge in [0, 0.05) is 25.8 Å². The molecule has 1 saturated heterocycles.